The molecular weight excluding hydrogens is 348 g/mol. The SMILES string of the molecule is CC(OC(=O)c1ccccc1[N+](=O)[O-])C(=O)NCc1ccccc1Cl. The lowest BCUT2D eigenvalue weighted by Gasteiger charge is -2.14. The molecule has 1 atom stereocenters. The molecule has 0 saturated carbocycles. The molecule has 2 aromatic rings. The van der Waals surface area contributed by atoms with Gasteiger partial charge in [-0.15, -0.1) is 0 Å². The van der Waals surface area contributed by atoms with Crippen molar-refractivity contribution >= 4 is 29.2 Å². The van der Waals surface area contributed by atoms with Crippen molar-refractivity contribution in [3.05, 3.63) is 74.8 Å². The molecule has 7 nitrogen and oxygen atoms in total. The Morgan fingerprint density at radius 1 is 1.20 bits per heavy atom. The van der Waals surface area contributed by atoms with Crippen LogP contribution >= 0.6 is 11.6 Å². The molecule has 0 aliphatic carbocycles. The number of halogens is 1. The van der Waals surface area contributed by atoms with E-state index >= 15 is 0 Å². The second-order valence-corrected chi connectivity index (χ2v) is 5.54. The van der Waals surface area contributed by atoms with Crippen molar-refractivity contribution in [1.82, 2.24) is 5.32 Å². The first-order valence-electron chi connectivity index (χ1n) is 7.35. The average Bonchev–Trinajstić information content (AvgIpc) is 2.60. The quantitative estimate of drug-likeness (QED) is 0.483. The van der Waals surface area contributed by atoms with Crippen LogP contribution in [0, 0.1) is 10.1 Å². The van der Waals surface area contributed by atoms with Crippen LogP contribution in [-0.4, -0.2) is 22.9 Å². The fourth-order valence-electron chi connectivity index (χ4n) is 2.05. The third-order valence-corrected chi connectivity index (χ3v) is 3.75. The number of nitrogens with one attached hydrogen (secondary N) is 1. The molecule has 0 saturated heterocycles. The van der Waals surface area contributed by atoms with Crippen molar-refractivity contribution in [2.75, 3.05) is 0 Å². The molecule has 2 aromatic carbocycles. The van der Waals surface area contributed by atoms with E-state index in [9.17, 15) is 19.7 Å². The summed E-state index contributed by atoms with van der Waals surface area (Å²) in [5, 5.41) is 14.0. The fraction of sp³-hybridized carbons (Fsp3) is 0.176. The van der Waals surface area contributed by atoms with E-state index in [1.54, 1.807) is 24.3 Å². The van der Waals surface area contributed by atoms with E-state index in [4.69, 9.17) is 16.3 Å². The molecule has 0 aliphatic rings. The summed E-state index contributed by atoms with van der Waals surface area (Å²) in [5.41, 5.74) is 0.129. The van der Waals surface area contributed by atoms with E-state index in [1.165, 1.54) is 31.2 Å². The van der Waals surface area contributed by atoms with Crippen molar-refractivity contribution in [3.63, 3.8) is 0 Å². The van der Waals surface area contributed by atoms with Crippen molar-refractivity contribution < 1.29 is 19.2 Å². The van der Waals surface area contributed by atoms with Gasteiger partial charge in [-0.05, 0) is 24.6 Å². The molecule has 1 unspecified atom stereocenters. The van der Waals surface area contributed by atoms with Gasteiger partial charge in [0.25, 0.3) is 11.6 Å². The number of nitrogens with zero attached hydrogens (tertiary/aromatic N) is 1. The summed E-state index contributed by atoms with van der Waals surface area (Å²) in [4.78, 5) is 34.4. The molecule has 0 bridgehead atoms. The first-order chi connectivity index (χ1) is 11.9. The first-order valence-corrected chi connectivity index (χ1v) is 7.73. The Kier molecular flexibility index (Phi) is 6.08. The molecule has 25 heavy (non-hydrogen) atoms. The highest BCUT2D eigenvalue weighted by molar-refractivity contribution is 6.31. The van der Waals surface area contributed by atoms with Crippen molar-refractivity contribution in [3.8, 4) is 0 Å². The summed E-state index contributed by atoms with van der Waals surface area (Å²) in [5.74, 6) is -1.47. The molecule has 130 valence electrons. The topological polar surface area (TPSA) is 98.5 Å². The minimum absolute atomic E-state index is 0.173. The van der Waals surface area contributed by atoms with Crippen LogP contribution in [0.2, 0.25) is 5.02 Å². The van der Waals surface area contributed by atoms with Gasteiger partial charge < -0.3 is 10.1 Å². The highest BCUT2D eigenvalue weighted by Crippen LogP contribution is 2.19. The van der Waals surface area contributed by atoms with E-state index in [0.717, 1.165) is 5.56 Å². The number of hydrogen-bond acceptors (Lipinski definition) is 5. The molecule has 0 spiro atoms. The number of carbonyl (C=O) groups is 2. The molecule has 1 amide bonds. The van der Waals surface area contributed by atoms with E-state index in [0.29, 0.717) is 5.02 Å². The van der Waals surface area contributed by atoms with Gasteiger partial charge in [-0.3, -0.25) is 14.9 Å². The highest BCUT2D eigenvalue weighted by Gasteiger charge is 2.24. The number of esters is 1. The maximum Gasteiger partial charge on any atom is 0.345 e. The largest absolute Gasteiger partial charge is 0.449 e. The van der Waals surface area contributed by atoms with Gasteiger partial charge >= 0.3 is 5.97 Å². The van der Waals surface area contributed by atoms with Crippen LogP contribution in [0.4, 0.5) is 5.69 Å². The predicted molar refractivity (Wildman–Crippen MR) is 91.3 cm³/mol. The van der Waals surface area contributed by atoms with Crippen LogP contribution in [0.25, 0.3) is 0 Å². The zero-order valence-electron chi connectivity index (χ0n) is 13.3. The maximum absolute atomic E-state index is 12.1. The molecule has 0 radical (unpaired) electrons. The van der Waals surface area contributed by atoms with Gasteiger partial charge in [-0.2, -0.15) is 0 Å². The molecule has 0 heterocycles. The molecule has 8 heteroatoms. The smallest absolute Gasteiger partial charge is 0.345 e. The van der Waals surface area contributed by atoms with E-state index < -0.39 is 22.9 Å². The zero-order chi connectivity index (χ0) is 18.4. The van der Waals surface area contributed by atoms with Gasteiger partial charge in [-0.1, -0.05) is 41.9 Å². The Morgan fingerprint density at radius 3 is 2.52 bits per heavy atom. The van der Waals surface area contributed by atoms with Crippen molar-refractivity contribution in [2.24, 2.45) is 0 Å². The lowest BCUT2D eigenvalue weighted by molar-refractivity contribution is -0.385. The van der Waals surface area contributed by atoms with E-state index in [2.05, 4.69) is 5.32 Å². The van der Waals surface area contributed by atoms with Crippen LogP contribution in [0.3, 0.4) is 0 Å². The summed E-state index contributed by atoms with van der Waals surface area (Å²) < 4.78 is 5.02. The van der Waals surface area contributed by atoms with Crippen LogP contribution in [0.15, 0.2) is 48.5 Å². The third-order valence-electron chi connectivity index (χ3n) is 3.38. The van der Waals surface area contributed by atoms with Gasteiger partial charge in [-0.25, -0.2) is 4.79 Å². The molecule has 1 N–H and O–H groups in total. The number of para-hydroxylation sites is 1. The fourth-order valence-corrected chi connectivity index (χ4v) is 2.25. The van der Waals surface area contributed by atoms with Crippen molar-refractivity contribution in [1.29, 1.82) is 0 Å². The van der Waals surface area contributed by atoms with Crippen LogP contribution in [0.5, 0.6) is 0 Å². The number of benzene rings is 2. The van der Waals surface area contributed by atoms with Crippen LogP contribution in [0.1, 0.15) is 22.8 Å². The maximum atomic E-state index is 12.1. The Bertz CT molecular complexity index is 809. The lowest BCUT2D eigenvalue weighted by Crippen LogP contribution is -2.35. The number of carbonyl (C=O) groups excluding carboxylic acids is 2. The molecular formula is C17H15ClN2O5. The van der Waals surface area contributed by atoms with Gasteiger partial charge in [0.15, 0.2) is 6.10 Å². The number of amides is 1. The molecule has 2 rings (SSSR count). The summed E-state index contributed by atoms with van der Waals surface area (Å²) in [6.45, 7) is 1.56. The van der Waals surface area contributed by atoms with Gasteiger partial charge in [0, 0.05) is 17.6 Å². The van der Waals surface area contributed by atoms with Gasteiger partial charge in [0.05, 0.1) is 4.92 Å². The number of nitro groups is 1. The minimum atomic E-state index is -1.12. The number of nitro benzene ring substituents is 1. The lowest BCUT2D eigenvalue weighted by atomic mass is 10.2. The zero-order valence-corrected chi connectivity index (χ0v) is 14.0. The van der Waals surface area contributed by atoms with Crippen LogP contribution in [-0.2, 0) is 16.1 Å². The second kappa shape index (κ2) is 8.25. The Balaban J connectivity index is 1.98. The Labute approximate surface area is 148 Å². The standard InChI is InChI=1S/C17H15ClN2O5/c1-11(16(21)19-10-12-6-2-4-8-14(12)18)25-17(22)13-7-3-5-9-15(13)20(23)24/h2-9,11H,10H2,1H3,(H,19,21). The summed E-state index contributed by atoms with van der Waals surface area (Å²) in [6.07, 6.45) is -1.12. The number of ether oxygens (including phenoxy) is 1. The minimum Gasteiger partial charge on any atom is -0.449 e. The number of hydrogen-bond donors (Lipinski definition) is 1. The Hall–Kier alpha value is -2.93. The van der Waals surface area contributed by atoms with Crippen molar-refractivity contribution in [2.45, 2.75) is 19.6 Å². The van der Waals surface area contributed by atoms with Crippen LogP contribution < -0.4 is 5.32 Å². The van der Waals surface area contributed by atoms with Gasteiger partial charge in [0.2, 0.25) is 0 Å². The normalized spacial score (nSPS) is 11.4. The highest BCUT2D eigenvalue weighted by atomic mass is 35.5. The molecule has 0 aliphatic heterocycles. The summed E-state index contributed by atoms with van der Waals surface area (Å²) >= 11 is 6.00. The predicted octanol–water partition coefficient (Wildman–Crippen LogP) is 3.11. The number of rotatable bonds is 6. The average molecular weight is 363 g/mol. The van der Waals surface area contributed by atoms with Gasteiger partial charge in [0.1, 0.15) is 5.56 Å². The first kappa shape index (κ1) is 18.4. The third kappa shape index (κ3) is 4.77. The Morgan fingerprint density at radius 2 is 1.84 bits per heavy atom. The second-order valence-electron chi connectivity index (χ2n) is 5.13. The summed E-state index contributed by atoms with van der Waals surface area (Å²) in [7, 11) is 0. The van der Waals surface area contributed by atoms with E-state index in [-0.39, 0.29) is 17.8 Å². The monoisotopic (exact) mass is 362 g/mol. The van der Waals surface area contributed by atoms with E-state index in [1.807, 2.05) is 0 Å². The molecule has 0 fully saturated rings. The molecule has 0 aromatic heterocycles. The summed E-state index contributed by atoms with van der Waals surface area (Å²) in [6, 6.07) is 12.4.